The maximum absolute atomic E-state index is 6.04. The quantitative estimate of drug-likeness (QED) is 0.598. The Labute approximate surface area is 155 Å². The summed E-state index contributed by atoms with van der Waals surface area (Å²) in [6.07, 6.45) is 6.80. The van der Waals surface area contributed by atoms with E-state index in [1.807, 2.05) is 12.1 Å². The first-order valence-corrected chi connectivity index (χ1v) is 8.29. The molecule has 0 spiro atoms. The van der Waals surface area contributed by atoms with Crippen molar-refractivity contribution in [1.82, 2.24) is 4.57 Å². The van der Waals surface area contributed by atoms with E-state index in [9.17, 15) is 0 Å². The van der Waals surface area contributed by atoms with Crippen molar-refractivity contribution in [2.75, 3.05) is 11.5 Å². The van der Waals surface area contributed by atoms with Crippen molar-refractivity contribution in [3.05, 3.63) is 36.4 Å². The smallest absolute Gasteiger partial charge is 0.0512 e. The number of rotatable bonds is 2. The van der Waals surface area contributed by atoms with E-state index in [0.29, 0.717) is 0 Å². The van der Waals surface area contributed by atoms with Crippen molar-refractivity contribution in [3.63, 3.8) is 0 Å². The first-order valence-electron chi connectivity index (χ1n) is 8.29. The normalized spacial score (nSPS) is 15.2. The fraction of sp³-hybridized carbons (Fsp3) is 0.368. The Bertz CT molecular complexity index is 776. The number of nitrogen functional groups attached to an aromatic ring is 2. The van der Waals surface area contributed by atoms with Crippen LogP contribution in [-0.2, 0) is 6.54 Å². The van der Waals surface area contributed by atoms with Gasteiger partial charge in [-0.3, -0.25) is 0 Å². The maximum Gasteiger partial charge on any atom is 0.0512 e. The van der Waals surface area contributed by atoms with Crippen LogP contribution in [0.3, 0.4) is 0 Å². The van der Waals surface area contributed by atoms with Crippen molar-refractivity contribution in [3.8, 4) is 0 Å². The molecule has 1 heterocycles. The average Bonchev–Trinajstić information content (AvgIpc) is 2.81. The van der Waals surface area contributed by atoms with Crippen LogP contribution in [0.5, 0.6) is 0 Å². The molecule has 130 valence electrons. The molecule has 1 aromatic heterocycles. The van der Waals surface area contributed by atoms with E-state index in [-0.39, 0.29) is 24.8 Å². The zero-order valence-corrected chi connectivity index (χ0v) is 15.3. The second-order valence-electron chi connectivity index (χ2n) is 6.67. The molecule has 5 heteroatoms. The van der Waals surface area contributed by atoms with Gasteiger partial charge in [0.2, 0.25) is 0 Å². The molecule has 0 atom stereocenters. The summed E-state index contributed by atoms with van der Waals surface area (Å²) in [5.74, 6) is 0.774. The van der Waals surface area contributed by atoms with E-state index in [1.165, 1.54) is 53.9 Å². The van der Waals surface area contributed by atoms with E-state index in [0.717, 1.165) is 23.8 Å². The molecule has 4 N–H and O–H groups in total. The fourth-order valence-corrected chi connectivity index (χ4v) is 3.95. The van der Waals surface area contributed by atoms with Crippen LogP contribution in [-0.4, -0.2) is 4.57 Å². The lowest BCUT2D eigenvalue weighted by molar-refractivity contribution is 0.325. The lowest BCUT2D eigenvalue weighted by Crippen LogP contribution is -2.14. The minimum atomic E-state index is 0. The number of halogens is 2. The maximum atomic E-state index is 6.04. The molecular weight excluding hydrogens is 341 g/mol. The van der Waals surface area contributed by atoms with Gasteiger partial charge in [-0.15, -0.1) is 24.8 Å². The highest BCUT2D eigenvalue weighted by atomic mass is 35.5. The number of aromatic nitrogens is 1. The number of benzene rings is 2. The molecule has 0 bridgehead atoms. The molecule has 0 unspecified atom stereocenters. The zero-order valence-electron chi connectivity index (χ0n) is 13.7. The van der Waals surface area contributed by atoms with E-state index >= 15 is 0 Å². The Kier molecular flexibility index (Phi) is 5.89. The van der Waals surface area contributed by atoms with Crippen LogP contribution >= 0.6 is 24.8 Å². The number of fused-ring (bicyclic) bond motifs is 3. The van der Waals surface area contributed by atoms with Gasteiger partial charge >= 0.3 is 0 Å². The van der Waals surface area contributed by atoms with Gasteiger partial charge in [0.05, 0.1) is 11.0 Å². The summed E-state index contributed by atoms with van der Waals surface area (Å²) in [5, 5.41) is 2.56. The van der Waals surface area contributed by atoms with Crippen LogP contribution < -0.4 is 11.5 Å². The highest BCUT2D eigenvalue weighted by molar-refractivity contribution is 6.09. The molecular formula is C19H25Cl2N3. The summed E-state index contributed by atoms with van der Waals surface area (Å²) in [6, 6.07) is 12.5. The van der Waals surface area contributed by atoms with Gasteiger partial charge in [-0.2, -0.15) is 0 Å². The third kappa shape index (κ3) is 3.28. The molecule has 1 aliphatic rings. The molecule has 3 nitrogen and oxygen atoms in total. The van der Waals surface area contributed by atoms with Crippen molar-refractivity contribution in [2.24, 2.45) is 5.92 Å². The number of hydrogen-bond donors (Lipinski definition) is 2. The number of nitrogens with two attached hydrogens (primary N) is 2. The van der Waals surface area contributed by atoms with Gasteiger partial charge < -0.3 is 16.0 Å². The predicted molar refractivity (Wildman–Crippen MR) is 109 cm³/mol. The summed E-state index contributed by atoms with van der Waals surface area (Å²) in [7, 11) is 0. The predicted octanol–water partition coefficient (Wildman–Crippen LogP) is 5.38. The topological polar surface area (TPSA) is 57.0 Å². The molecule has 4 rings (SSSR count). The van der Waals surface area contributed by atoms with E-state index < -0.39 is 0 Å². The number of anilines is 2. The Balaban J connectivity index is 0.00000104. The van der Waals surface area contributed by atoms with Gasteiger partial charge in [-0.1, -0.05) is 31.4 Å². The Morgan fingerprint density at radius 3 is 1.79 bits per heavy atom. The molecule has 0 radical (unpaired) electrons. The van der Waals surface area contributed by atoms with E-state index in [4.69, 9.17) is 11.5 Å². The van der Waals surface area contributed by atoms with Crippen molar-refractivity contribution in [2.45, 2.75) is 38.6 Å². The summed E-state index contributed by atoms with van der Waals surface area (Å²) in [6.45, 7) is 1.08. The molecule has 24 heavy (non-hydrogen) atoms. The van der Waals surface area contributed by atoms with Gasteiger partial charge in [0.1, 0.15) is 0 Å². The number of nitrogens with zero attached hydrogens (tertiary/aromatic N) is 1. The SMILES string of the molecule is Cl.Cl.Nc1ccc2c3ccc(N)cc3n(CC3CCCCC3)c2c1. The third-order valence-corrected chi connectivity index (χ3v) is 5.08. The summed E-state index contributed by atoms with van der Waals surface area (Å²) in [4.78, 5) is 0. The van der Waals surface area contributed by atoms with Gasteiger partial charge in [0.15, 0.2) is 0 Å². The van der Waals surface area contributed by atoms with Crippen LogP contribution in [0, 0.1) is 5.92 Å². The van der Waals surface area contributed by atoms with Crippen LogP contribution in [0.2, 0.25) is 0 Å². The van der Waals surface area contributed by atoms with Crippen LogP contribution in [0.4, 0.5) is 11.4 Å². The first kappa shape index (κ1) is 18.8. The largest absolute Gasteiger partial charge is 0.399 e. The third-order valence-electron chi connectivity index (χ3n) is 5.08. The van der Waals surface area contributed by atoms with Crippen LogP contribution in [0.15, 0.2) is 36.4 Å². The second kappa shape index (κ2) is 7.54. The number of hydrogen-bond acceptors (Lipinski definition) is 2. The summed E-state index contributed by atoms with van der Waals surface area (Å²) < 4.78 is 2.44. The molecule has 2 aromatic carbocycles. The summed E-state index contributed by atoms with van der Waals surface area (Å²) in [5.41, 5.74) is 16.2. The molecule has 3 aromatic rings. The van der Waals surface area contributed by atoms with Crippen LogP contribution in [0.25, 0.3) is 21.8 Å². The lowest BCUT2D eigenvalue weighted by Gasteiger charge is -2.23. The minimum absolute atomic E-state index is 0. The Hall–Kier alpha value is -1.58. The van der Waals surface area contributed by atoms with Gasteiger partial charge in [-0.05, 0) is 43.0 Å². The highest BCUT2D eigenvalue weighted by Crippen LogP contribution is 2.34. The van der Waals surface area contributed by atoms with Gasteiger partial charge in [0, 0.05) is 28.7 Å². The zero-order chi connectivity index (χ0) is 15.1. The molecule has 1 aliphatic carbocycles. The van der Waals surface area contributed by atoms with Crippen molar-refractivity contribution in [1.29, 1.82) is 0 Å². The van der Waals surface area contributed by atoms with E-state index in [1.54, 1.807) is 0 Å². The molecule has 0 saturated heterocycles. The fourth-order valence-electron chi connectivity index (χ4n) is 3.95. The molecule has 1 saturated carbocycles. The Morgan fingerprint density at radius 2 is 1.29 bits per heavy atom. The highest BCUT2D eigenvalue weighted by Gasteiger charge is 2.18. The van der Waals surface area contributed by atoms with Gasteiger partial charge in [0.25, 0.3) is 0 Å². The second-order valence-corrected chi connectivity index (χ2v) is 6.67. The Morgan fingerprint density at radius 1 is 0.792 bits per heavy atom. The summed E-state index contributed by atoms with van der Waals surface area (Å²) >= 11 is 0. The molecule has 0 aliphatic heterocycles. The van der Waals surface area contributed by atoms with Crippen LogP contribution in [0.1, 0.15) is 32.1 Å². The standard InChI is InChI=1S/C19H23N3.2ClH/c20-14-6-8-16-17-9-7-15(21)11-19(17)22(18(16)10-14)12-13-4-2-1-3-5-13;;/h6-11,13H,1-5,12,20-21H2;2*1H. The first-order chi connectivity index (χ1) is 10.7. The van der Waals surface area contributed by atoms with Crippen molar-refractivity contribution < 1.29 is 0 Å². The molecule has 1 fully saturated rings. The van der Waals surface area contributed by atoms with E-state index in [2.05, 4.69) is 28.8 Å². The molecule has 0 amide bonds. The van der Waals surface area contributed by atoms with Gasteiger partial charge in [-0.25, -0.2) is 0 Å². The average molecular weight is 366 g/mol. The monoisotopic (exact) mass is 365 g/mol. The van der Waals surface area contributed by atoms with Crippen molar-refractivity contribution >= 4 is 58.0 Å². The lowest BCUT2D eigenvalue weighted by atomic mass is 9.89. The minimum Gasteiger partial charge on any atom is -0.399 e.